The van der Waals surface area contributed by atoms with Gasteiger partial charge >= 0.3 is 5.91 Å². The number of aromatic amines is 1. The van der Waals surface area contributed by atoms with Crippen molar-refractivity contribution in [2.24, 2.45) is 10.2 Å². The summed E-state index contributed by atoms with van der Waals surface area (Å²) in [5.41, 5.74) is 1.04. The number of hydrogen-bond acceptors (Lipinski definition) is 6. The molecule has 3 aromatic carbocycles. The van der Waals surface area contributed by atoms with Crippen LogP contribution in [0.25, 0.3) is 17.0 Å². The molecule has 1 aromatic heterocycles. The van der Waals surface area contributed by atoms with Crippen molar-refractivity contribution >= 4 is 56.1 Å². The first-order valence-corrected chi connectivity index (χ1v) is 10.9. The molecule has 174 valence electrons. The molecule has 2 amide bonds. The lowest BCUT2D eigenvalue weighted by atomic mass is 10.1. The second-order valence-corrected chi connectivity index (χ2v) is 8.16. The van der Waals surface area contributed by atoms with Crippen LogP contribution in [0.1, 0.15) is 15.9 Å². The largest absolute Gasteiger partial charge is 0.493 e. The molecule has 0 saturated carbocycles. The van der Waals surface area contributed by atoms with Crippen LogP contribution < -0.4 is 5.32 Å². The van der Waals surface area contributed by atoms with Gasteiger partial charge < -0.3 is 15.4 Å². The normalized spacial score (nSPS) is 11.6. The third-order valence-electron chi connectivity index (χ3n) is 4.88. The van der Waals surface area contributed by atoms with Gasteiger partial charge in [0.2, 0.25) is 5.88 Å². The lowest BCUT2D eigenvalue weighted by Gasteiger charge is -2.07. The van der Waals surface area contributed by atoms with Gasteiger partial charge in [0.25, 0.3) is 11.6 Å². The molecule has 0 aliphatic carbocycles. The lowest BCUT2D eigenvalue weighted by molar-refractivity contribution is -0.384. The van der Waals surface area contributed by atoms with Crippen LogP contribution in [0, 0.1) is 10.1 Å². The predicted octanol–water partition coefficient (Wildman–Crippen LogP) is 5.63. The van der Waals surface area contributed by atoms with Gasteiger partial charge in [-0.2, -0.15) is 0 Å². The zero-order chi connectivity index (χ0) is 24.9. The van der Waals surface area contributed by atoms with Gasteiger partial charge in [0.05, 0.1) is 10.4 Å². The number of halogens is 1. The summed E-state index contributed by atoms with van der Waals surface area (Å²) in [4.78, 5) is 38.7. The van der Waals surface area contributed by atoms with E-state index in [0.717, 1.165) is 4.47 Å². The zero-order valence-corrected chi connectivity index (χ0v) is 19.4. The maximum absolute atomic E-state index is 12.9. The molecule has 10 nitrogen and oxygen atoms in total. The monoisotopic (exact) mass is 533 g/mol. The third kappa shape index (κ3) is 5.47. The fourth-order valence-corrected chi connectivity index (χ4v) is 3.54. The summed E-state index contributed by atoms with van der Waals surface area (Å²) in [6, 6.07) is 18.9. The number of aromatic hydroxyl groups is 1. The molecule has 0 spiro atoms. The molecule has 0 saturated heterocycles. The van der Waals surface area contributed by atoms with Crippen LogP contribution in [0.5, 0.6) is 5.88 Å². The summed E-state index contributed by atoms with van der Waals surface area (Å²) in [5, 5.41) is 31.8. The van der Waals surface area contributed by atoms with Crippen LogP contribution in [0.15, 0.2) is 93.2 Å². The Bertz CT molecular complexity index is 1490. The van der Waals surface area contributed by atoms with Crippen molar-refractivity contribution < 1.29 is 19.6 Å². The number of non-ortho nitro benzene ring substituents is 1. The van der Waals surface area contributed by atoms with E-state index in [0.29, 0.717) is 22.0 Å². The van der Waals surface area contributed by atoms with Crippen molar-refractivity contribution in [1.82, 2.24) is 10.3 Å². The Morgan fingerprint density at radius 1 is 1.06 bits per heavy atom. The van der Waals surface area contributed by atoms with Crippen LogP contribution in [0.4, 0.5) is 11.4 Å². The summed E-state index contributed by atoms with van der Waals surface area (Å²) in [7, 11) is 0. The van der Waals surface area contributed by atoms with Gasteiger partial charge in [-0.25, -0.2) is 0 Å². The maximum atomic E-state index is 12.9. The van der Waals surface area contributed by atoms with Gasteiger partial charge in [0.15, 0.2) is 5.69 Å². The quantitative estimate of drug-likeness (QED) is 0.127. The van der Waals surface area contributed by atoms with Crippen LogP contribution >= 0.6 is 15.9 Å². The second-order valence-electron chi connectivity index (χ2n) is 7.24. The van der Waals surface area contributed by atoms with Crippen molar-refractivity contribution in [1.29, 1.82) is 0 Å². The molecule has 0 aliphatic heterocycles. The Morgan fingerprint density at radius 3 is 2.46 bits per heavy atom. The molecule has 0 aliphatic rings. The first-order chi connectivity index (χ1) is 16.8. The molecule has 1 heterocycles. The van der Waals surface area contributed by atoms with E-state index in [4.69, 9.17) is 0 Å². The number of amides is 2. The molecule has 0 atom stereocenters. The smallest absolute Gasteiger partial charge is 0.311 e. The number of nitrogens with zero attached hydrogens (tertiary/aromatic N) is 3. The fourth-order valence-electron chi connectivity index (χ4n) is 3.18. The second kappa shape index (κ2) is 10.1. The van der Waals surface area contributed by atoms with E-state index < -0.39 is 16.7 Å². The van der Waals surface area contributed by atoms with Crippen molar-refractivity contribution in [3.05, 3.63) is 104 Å². The standard InChI is InChI=1S/C24H16BrN5O5/c25-16-8-11-19-18(13-16)21(24(33)26-19)28-29-23(32)20(27-22(31)15-4-2-1-3-5-15)12-14-6-9-17(10-7-14)30(34)35/h1-13,26,33H,(H,27,31)/b20-12-,29-28?. The number of carbonyl (C=O) groups excluding carboxylic acids is 2. The number of azo groups is 1. The van der Waals surface area contributed by atoms with E-state index in [1.54, 1.807) is 48.5 Å². The topological polar surface area (TPSA) is 150 Å². The van der Waals surface area contributed by atoms with Gasteiger partial charge in [-0.05, 0) is 54.1 Å². The Balaban J connectivity index is 1.68. The van der Waals surface area contributed by atoms with Crippen LogP contribution in [0.3, 0.4) is 0 Å². The number of nitrogens with one attached hydrogen (secondary N) is 2. The SMILES string of the molecule is O=C(N=Nc1c(O)[nH]c2ccc(Br)cc12)/C(=C/c1ccc([N+](=O)[O-])cc1)NC(=O)c1ccccc1. The average Bonchev–Trinajstić information content (AvgIpc) is 3.16. The minimum Gasteiger partial charge on any atom is -0.493 e. The third-order valence-corrected chi connectivity index (χ3v) is 5.38. The molecule has 35 heavy (non-hydrogen) atoms. The number of nitro benzene ring substituents is 1. The molecule has 0 unspecified atom stereocenters. The lowest BCUT2D eigenvalue weighted by Crippen LogP contribution is -2.26. The highest BCUT2D eigenvalue weighted by Crippen LogP contribution is 2.36. The van der Waals surface area contributed by atoms with E-state index in [9.17, 15) is 24.8 Å². The van der Waals surface area contributed by atoms with E-state index in [1.807, 2.05) is 0 Å². The number of benzene rings is 3. The van der Waals surface area contributed by atoms with Crippen molar-refractivity contribution in [3.8, 4) is 5.88 Å². The average molecular weight is 534 g/mol. The van der Waals surface area contributed by atoms with Gasteiger partial charge in [-0.15, -0.1) is 10.2 Å². The first kappa shape index (κ1) is 23.5. The Labute approximate surface area is 206 Å². The number of hydrogen-bond donors (Lipinski definition) is 3. The minimum atomic E-state index is -0.892. The summed E-state index contributed by atoms with van der Waals surface area (Å²) in [5.74, 6) is -1.72. The zero-order valence-electron chi connectivity index (χ0n) is 17.8. The van der Waals surface area contributed by atoms with Gasteiger partial charge in [0.1, 0.15) is 5.70 Å². The summed E-state index contributed by atoms with van der Waals surface area (Å²) < 4.78 is 0.737. The minimum absolute atomic E-state index is 0.0544. The van der Waals surface area contributed by atoms with Crippen molar-refractivity contribution in [3.63, 3.8) is 0 Å². The number of aromatic nitrogens is 1. The highest BCUT2D eigenvalue weighted by Gasteiger charge is 2.17. The van der Waals surface area contributed by atoms with E-state index in [-0.39, 0.29) is 23.0 Å². The highest BCUT2D eigenvalue weighted by molar-refractivity contribution is 9.10. The maximum Gasteiger partial charge on any atom is 0.311 e. The van der Waals surface area contributed by atoms with Crippen molar-refractivity contribution in [2.45, 2.75) is 0 Å². The summed E-state index contributed by atoms with van der Waals surface area (Å²) in [6.45, 7) is 0. The Hall–Kier alpha value is -4.64. The number of carbonyl (C=O) groups is 2. The van der Waals surface area contributed by atoms with Gasteiger partial charge in [-0.1, -0.05) is 34.1 Å². The summed E-state index contributed by atoms with van der Waals surface area (Å²) in [6.07, 6.45) is 1.33. The van der Waals surface area contributed by atoms with Crippen LogP contribution in [-0.4, -0.2) is 26.8 Å². The number of nitro groups is 1. The molecular formula is C24H16BrN5O5. The number of rotatable bonds is 6. The fraction of sp³-hybridized carbons (Fsp3) is 0. The number of fused-ring (bicyclic) bond motifs is 1. The van der Waals surface area contributed by atoms with Crippen LogP contribution in [0.2, 0.25) is 0 Å². The Morgan fingerprint density at radius 2 is 1.77 bits per heavy atom. The van der Waals surface area contributed by atoms with Crippen LogP contribution in [-0.2, 0) is 4.79 Å². The van der Waals surface area contributed by atoms with E-state index in [1.165, 1.54) is 30.3 Å². The van der Waals surface area contributed by atoms with Gasteiger partial charge in [0, 0.05) is 27.6 Å². The van der Waals surface area contributed by atoms with E-state index in [2.05, 4.69) is 36.5 Å². The summed E-state index contributed by atoms with van der Waals surface area (Å²) >= 11 is 3.35. The molecule has 0 radical (unpaired) electrons. The molecule has 0 bridgehead atoms. The van der Waals surface area contributed by atoms with E-state index >= 15 is 0 Å². The molecular weight excluding hydrogens is 518 g/mol. The van der Waals surface area contributed by atoms with Gasteiger partial charge in [-0.3, -0.25) is 19.7 Å². The molecule has 4 aromatic rings. The molecule has 0 fully saturated rings. The predicted molar refractivity (Wildman–Crippen MR) is 132 cm³/mol. The highest BCUT2D eigenvalue weighted by atomic mass is 79.9. The molecule has 11 heteroatoms. The molecule has 4 rings (SSSR count). The van der Waals surface area contributed by atoms with Crippen molar-refractivity contribution in [2.75, 3.05) is 0 Å². The number of H-pyrrole nitrogens is 1. The molecule has 3 N–H and O–H groups in total. The Kier molecular flexibility index (Phi) is 6.78. The first-order valence-electron chi connectivity index (χ1n) is 10.1.